The number of likely N-dealkylation sites (N-methyl/N-ethyl adjacent to an activating group) is 1. The smallest absolute Gasteiger partial charge is 0.226 e. The van der Waals surface area contributed by atoms with Gasteiger partial charge in [0.1, 0.15) is 6.10 Å². The maximum atomic E-state index is 12.8. The first-order valence-corrected chi connectivity index (χ1v) is 10.7. The highest BCUT2D eigenvalue weighted by Gasteiger charge is 2.43. The summed E-state index contributed by atoms with van der Waals surface area (Å²) >= 11 is 0. The van der Waals surface area contributed by atoms with E-state index in [1.807, 2.05) is 9.80 Å². The fourth-order valence-corrected chi connectivity index (χ4v) is 4.54. The minimum absolute atomic E-state index is 0.0713. The third-order valence-corrected chi connectivity index (χ3v) is 6.45. The van der Waals surface area contributed by atoms with Gasteiger partial charge in [0, 0.05) is 38.6 Å². The van der Waals surface area contributed by atoms with Gasteiger partial charge in [-0.2, -0.15) is 0 Å². The molecule has 0 unspecified atom stereocenters. The highest BCUT2D eigenvalue weighted by atomic mass is 16.5. The second-order valence-electron chi connectivity index (χ2n) is 8.79. The molecule has 0 radical (unpaired) electrons. The SMILES string of the molecule is CN1CCN(C(=O)C[C@@H]2CC[C@H]3[C@@H](COC[C@H](O)CN3C(=O)C3CC3)O2)CC1. The lowest BCUT2D eigenvalue weighted by Crippen LogP contribution is -2.58. The van der Waals surface area contributed by atoms with Crippen molar-refractivity contribution in [3.63, 3.8) is 0 Å². The molecule has 3 heterocycles. The van der Waals surface area contributed by atoms with Gasteiger partial charge in [0.15, 0.2) is 0 Å². The molecule has 0 bridgehead atoms. The molecule has 4 atom stereocenters. The Morgan fingerprint density at radius 2 is 1.79 bits per heavy atom. The van der Waals surface area contributed by atoms with Crippen molar-refractivity contribution in [1.82, 2.24) is 14.7 Å². The van der Waals surface area contributed by atoms with Crippen molar-refractivity contribution in [2.75, 3.05) is 53.0 Å². The summed E-state index contributed by atoms with van der Waals surface area (Å²) in [4.78, 5) is 31.4. The van der Waals surface area contributed by atoms with Crippen LogP contribution in [0.15, 0.2) is 0 Å². The second-order valence-corrected chi connectivity index (χ2v) is 8.79. The van der Waals surface area contributed by atoms with Crippen LogP contribution in [0.25, 0.3) is 0 Å². The summed E-state index contributed by atoms with van der Waals surface area (Å²) < 4.78 is 11.9. The lowest BCUT2D eigenvalue weighted by atomic mass is 9.94. The lowest BCUT2D eigenvalue weighted by Gasteiger charge is -2.45. The van der Waals surface area contributed by atoms with E-state index in [-0.39, 0.29) is 42.6 Å². The molecule has 1 N–H and O–H groups in total. The van der Waals surface area contributed by atoms with Gasteiger partial charge in [0.2, 0.25) is 11.8 Å². The largest absolute Gasteiger partial charge is 0.389 e. The Labute approximate surface area is 166 Å². The van der Waals surface area contributed by atoms with Crippen molar-refractivity contribution in [1.29, 1.82) is 0 Å². The van der Waals surface area contributed by atoms with Gasteiger partial charge in [-0.25, -0.2) is 0 Å². The highest BCUT2D eigenvalue weighted by Crippen LogP contribution is 2.35. The summed E-state index contributed by atoms with van der Waals surface area (Å²) in [6, 6.07) is -0.0713. The lowest BCUT2D eigenvalue weighted by molar-refractivity contribution is -0.171. The quantitative estimate of drug-likeness (QED) is 0.706. The summed E-state index contributed by atoms with van der Waals surface area (Å²) in [7, 11) is 2.08. The monoisotopic (exact) mass is 395 g/mol. The van der Waals surface area contributed by atoms with E-state index >= 15 is 0 Å². The van der Waals surface area contributed by atoms with Crippen LogP contribution in [-0.2, 0) is 19.1 Å². The van der Waals surface area contributed by atoms with E-state index in [0.717, 1.165) is 51.9 Å². The number of nitrogens with zero attached hydrogens (tertiary/aromatic N) is 3. The molecule has 1 saturated carbocycles. The summed E-state index contributed by atoms with van der Waals surface area (Å²) in [5.74, 6) is 0.417. The van der Waals surface area contributed by atoms with Crippen molar-refractivity contribution >= 4 is 11.8 Å². The Hall–Kier alpha value is -1.22. The summed E-state index contributed by atoms with van der Waals surface area (Å²) in [6.45, 7) is 4.26. The number of carbonyl (C=O) groups excluding carboxylic acids is 2. The molecular formula is C20H33N3O5. The third-order valence-electron chi connectivity index (χ3n) is 6.45. The number of piperazine rings is 1. The van der Waals surface area contributed by atoms with E-state index in [9.17, 15) is 14.7 Å². The molecule has 3 aliphatic heterocycles. The van der Waals surface area contributed by atoms with Gasteiger partial charge < -0.3 is 29.3 Å². The highest BCUT2D eigenvalue weighted by molar-refractivity contribution is 5.81. The van der Waals surface area contributed by atoms with Gasteiger partial charge >= 0.3 is 0 Å². The number of aliphatic hydroxyl groups excluding tert-OH is 1. The predicted molar refractivity (Wildman–Crippen MR) is 102 cm³/mol. The second kappa shape index (κ2) is 8.65. The molecular weight excluding hydrogens is 362 g/mol. The average molecular weight is 396 g/mol. The molecule has 4 rings (SSSR count). The first-order valence-electron chi connectivity index (χ1n) is 10.7. The zero-order valence-electron chi connectivity index (χ0n) is 16.8. The number of fused-ring (bicyclic) bond motifs is 1. The minimum Gasteiger partial charge on any atom is -0.389 e. The molecule has 1 aliphatic carbocycles. The molecule has 0 aromatic rings. The zero-order valence-corrected chi connectivity index (χ0v) is 16.8. The predicted octanol–water partition coefficient (Wildman–Crippen LogP) is -0.304. The van der Waals surface area contributed by atoms with Crippen molar-refractivity contribution in [3.05, 3.63) is 0 Å². The Balaban J connectivity index is 1.36. The first kappa shape index (κ1) is 20.1. The van der Waals surface area contributed by atoms with Crippen LogP contribution in [0.3, 0.4) is 0 Å². The third kappa shape index (κ3) is 4.67. The van der Waals surface area contributed by atoms with Crippen LogP contribution in [0.4, 0.5) is 0 Å². The van der Waals surface area contributed by atoms with Crippen LogP contribution in [0.1, 0.15) is 32.1 Å². The topological polar surface area (TPSA) is 82.6 Å². The molecule has 0 spiro atoms. The van der Waals surface area contributed by atoms with Crippen LogP contribution in [-0.4, -0.2) is 109 Å². The molecule has 0 aromatic carbocycles. The zero-order chi connectivity index (χ0) is 19.7. The van der Waals surface area contributed by atoms with Gasteiger partial charge in [0.05, 0.1) is 37.9 Å². The molecule has 28 heavy (non-hydrogen) atoms. The van der Waals surface area contributed by atoms with Crippen LogP contribution >= 0.6 is 0 Å². The fourth-order valence-electron chi connectivity index (χ4n) is 4.54. The number of carbonyl (C=O) groups is 2. The molecule has 8 heteroatoms. The molecule has 8 nitrogen and oxygen atoms in total. The van der Waals surface area contributed by atoms with Gasteiger partial charge in [-0.1, -0.05) is 0 Å². The summed E-state index contributed by atoms with van der Waals surface area (Å²) in [5, 5.41) is 10.1. The normalized spacial score (nSPS) is 35.1. The van der Waals surface area contributed by atoms with Crippen LogP contribution in [0, 0.1) is 5.92 Å². The maximum Gasteiger partial charge on any atom is 0.226 e. The summed E-state index contributed by atoms with van der Waals surface area (Å²) in [5.41, 5.74) is 0. The van der Waals surface area contributed by atoms with Crippen LogP contribution < -0.4 is 0 Å². The first-order chi connectivity index (χ1) is 13.5. The molecule has 3 saturated heterocycles. The van der Waals surface area contributed by atoms with E-state index in [4.69, 9.17) is 9.47 Å². The number of rotatable bonds is 3. The molecule has 4 aliphatic rings. The Kier molecular flexibility index (Phi) is 6.20. The minimum atomic E-state index is -0.653. The molecule has 4 fully saturated rings. The molecule has 0 aromatic heterocycles. The average Bonchev–Trinajstić information content (AvgIpc) is 3.50. The number of β-amino-alcohol motifs (C(OH)–C–C–N with tert-alkyl or cyclic N) is 1. The Bertz CT molecular complexity index is 576. The van der Waals surface area contributed by atoms with Crippen molar-refractivity contribution < 1.29 is 24.2 Å². The van der Waals surface area contributed by atoms with E-state index in [0.29, 0.717) is 19.6 Å². The summed E-state index contributed by atoms with van der Waals surface area (Å²) in [6.07, 6.45) is 2.83. The van der Waals surface area contributed by atoms with Gasteiger partial charge in [-0.05, 0) is 32.7 Å². The fraction of sp³-hybridized carbons (Fsp3) is 0.900. The van der Waals surface area contributed by atoms with Crippen molar-refractivity contribution in [2.45, 2.75) is 56.5 Å². The number of hydrogen-bond donors (Lipinski definition) is 1. The van der Waals surface area contributed by atoms with Gasteiger partial charge in [0.25, 0.3) is 0 Å². The van der Waals surface area contributed by atoms with E-state index in [1.54, 1.807) is 0 Å². The van der Waals surface area contributed by atoms with E-state index < -0.39 is 6.10 Å². The van der Waals surface area contributed by atoms with E-state index in [1.165, 1.54) is 0 Å². The molecule has 2 amide bonds. The number of aliphatic hydroxyl groups is 1. The molecule has 158 valence electrons. The van der Waals surface area contributed by atoms with Crippen molar-refractivity contribution in [3.8, 4) is 0 Å². The van der Waals surface area contributed by atoms with Crippen molar-refractivity contribution in [2.24, 2.45) is 5.92 Å². The Morgan fingerprint density at radius 3 is 2.50 bits per heavy atom. The van der Waals surface area contributed by atoms with Crippen LogP contribution in [0.2, 0.25) is 0 Å². The number of ether oxygens (including phenoxy) is 2. The van der Waals surface area contributed by atoms with Gasteiger partial charge in [-0.3, -0.25) is 9.59 Å². The number of hydrogen-bond acceptors (Lipinski definition) is 6. The van der Waals surface area contributed by atoms with Gasteiger partial charge in [-0.15, -0.1) is 0 Å². The standard InChI is InChI=1S/C20H33N3O5/c1-21-6-8-22(9-7-21)19(25)10-16-4-5-17-18(28-16)13-27-12-15(24)11-23(17)20(26)14-2-3-14/h14-18,24H,2-13H2,1H3/t15-,16+,17+,18-/m1/s1. The number of amides is 2. The maximum absolute atomic E-state index is 12.8. The Morgan fingerprint density at radius 1 is 1.04 bits per heavy atom. The van der Waals surface area contributed by atoms with E-state index in [2.05, 4.69) is 11.9 Å². The van der Waals surface area contributed by atoms with Crippen LogP contribution in [0.5, 0.6) is 0 Å².